The van der Waals surface area contributed by atoms with Crippen LogP contribution in [0, 0.1) is 6.92 Å². The van der Waals surface area contributed by atoms with Crippen LogP contribution >= 0.6 is 11.8 Å². The van der Waals surface area contributed by atoms with Gasteiger partial charge in [0.05, 0.1) is 12.4 Å². The summed E-state index contributed by atoms with van der Waals surface area (Å²) in [5, 5.41) is 9.04. The Hall–Kier alpha value is -2.02. The highest BCUT2D eigenvalue weighted by molar-refractivity contribution is 8.00. The number of nitrogens with one attached hydrogen (secondary N) is 2. The number of rotatable bonds is 6. The molecule has 0 aliphatic carbocycles. The number of anilines is 1. The van der Waals surface area contributed by atoms with Crippen LogP contribution in [0.3, 0.4) is 0 Å². The molecule has 0 saturated carbocycles. The van der Waals surface area contributed by atoms with Crippen molar-refractivity contribution in [2.75, 3.05) is 17.7 Å². The van der Waals surface area contributed by atoms with Gasteiger partial charge in [0.25, 0.3) is 0 Å². The van der Waals surface area contributed by atoms with Crippen molar-refractivity contribution in [3.05, 3.63) is 29.8 Å². The number of hydrogen-bond acceptors (Lipinski definition) is 5. The van der Waals surface area contributed by atoms with Crippen molar-refractivity contribution >= 4 is 23.6 Å². The predicted molar refractivity (Wildman–Crippen MR) is 78.1 cm³/mol. The smallest absolute Gasteiger partial charge is 0.337 e. The molecular weight excluding hydrogens is 276 g/mol. The van der Waals surface area contributed by atoms with Crippen LogP contribution in [-0.2, 0) is 4.79 Å². The third kappa shape index (κ3) is 4.27. The highest BCUT2D eigenvalue weighted by Crippen LogP contribution is 2.18. The fourth-order valence-corrected chi connectivity index (χ4v) is 2.15. The van der Waals surface area contributed by atoms with E-state index in [4.69, 9.17) is 4.74 Å². The van der Waals surface area contributed by atoms with Gasteiger partial charge in [0.15, 0.2) is 0 Å². The van der Waals surface area contributed by atoms with E-state index in [9.17, 15) is 4.79 Å². The minimum atomic E-state index is -0.144. The lowest BCUT2D eigenvalue weighted by Gasteiger charge is -2.02. The Bertz CT molecular complexity index is 568. The van der Waals surface area contributed by atoms with E-state index in [0.29, 0.717) is 18.3 Å². The lowest BCUT2D eigenvalue weighted by Crippen LogP contribution is -2.15. The quantitative estimate of drug-likeness (QED) is 0.798. The molecule has 0 saturated heterocycles. The van der Waals surface area contributed by atoms with E-state index >= 15 is 0 Å². The van der Waals surface area contributed by atoms with Gasteiger partial charge in [-0.25, -0.2) is 5.10 Å². The van der Waals surface area contributed by atoms with Crippen LogP contribution in [0.1, 0.15) is 12.5 Å². The number of amides is 1. The third-order valence-electron chi connectivity index (χ3n) is 2.39. The number of thioether (sulfide) groups is 1. The second kappa shape index (κ2) is 6.95. The maximum atomic E-state index is 11.8. The van der Waals surface area contributed by atoms with Crippen LogP contribution in [0.25, 0.3) is 0 Å². The maximum Gasteiger partial charge on any atom is 0.337 e. The van der Waals surface area contributed by atoms with E-state index < -0.39 is 0 Å². The average Bonchev–Trinajstić information content (AvgIpc) is 2.86. The molecule has 0 radical (unpaired) electrons. The number of aryl methyl sites for hydroxylation is 1. The van der Waals surface area contributed by atoms with E-state index in [2.05, 4.69) is 20.5 Å². The number of benzene rings is 1. The van der Waals surface area contributed by atoms with E-state index in [0.717, 1.165) is 4.90 Å². The molecule has 6 nitrogen and oxygen atoms in total. The Balaban J connectivity index is 1.81. The zero-order chi connectivity index (χ0) is 14.4. The number of carbonyl (C=O) groups is 1. The number of aromatic nitrogens is 3. The van der Waals surface area contributed by atoms with E-state index in [1.807, 2.05) is 38.1 Å². The van der Waals surface area contributed by atoms with Crippen LogP contribution in [0.4, 0.5) is 5.95 Å². The first kappa shape index (κ1) is 14.4. The number of nitrogens with zero attached hydrogens (tertiary/aromatic N) is 2. The number of ether oxygens (including phenoxy) is 1. The lowest BCUT2D eigenvalue weighted by molar-refractivity contribution is -0.113. The monoisotopic (exact) mass is 292 g/mol. The topological polar surface area (TPSA) is 79.9 Å². The summed E-state index contributed by atoms with van der Waals surface area (Å²) >= 11 is 1.47. The first-order valence-electron chi connectivity index (χ1n) is 6.22. The fourth-order valence-electron chi connectivity index (χ4n) is 1.45. The van der Waals surface area contributed by atoms with Crippen molar-refractivity contribution in [3.8, 4) is 6.01 Å². The van der Waals surface area contributed by atoms with E-state index in [-0.39, 0.29) is 11.9 Å². The Kier molecular flexibility index (Phi) is 5.00. The molecule has 0 aliphatic rings. The van der Waals surface area contributed by atoms with Crippen molar-refractivity contribution in [3.63, 3.8) is 0 Å². The molecule has 0 fully saturated rings. The average molecular weight is 292 g/mol. The first-order valence-corrected chi connectivity index (χ1v) is 7.20. The molecule has 106 valence electrons. The molecule has 2 N–H and O–H groups in total. The van der Waals surface area contributed by atoms with Crippen LogP contribution in [0.15, 0.2) is 29.2 Å². The summed E-state index contributed by atoms with van der Waals surface area (Å²) in [6.07, 6.45) is 0. The van der Waals surface area contributed by atoms with Gasteiger partial charge in [-0.1, -0.05) is 17.7 Å². The molecule has 2 rings (SSSR count). The van der Waals surface area contributed by atoms with Gasteiger partial charge < -0.3 is 4.74 Å². The Morgan fingerprint density at radius 2 is 2.15 bits per heavy atom. The zero-order valence-electron chi connectivity index (χ0n) is 11.3. The summed E-state index contributed by atoms with van der Waals surface area (Å²) in [6, 6.07) is 8.26. The van der Waals surface area contributed by atoms with Crippen LogP contribution < -0.4 is 10.1 Å². The second-order valence-electron chi connectivity index (χ2n) is 4.05. The number of hydrogen-bond donors (Lipinski definition) is 2. The molecule has 1 aromatic carbocycles. The highest BCUT2D eigenvalue weighted by atomic mass is 32.2. The Labute approximate surface area is 121 Å². The summed E-state index contributed by atoms with van der Waals surface area (Å²) in [6.45, 7) is 4.35. The van der Waals surface area contributed by atoms with Crippen molar-refractivity contribution in [1.82, 2.24) is 15.2 Å². The van der Waals surface area contributed by atoms with Crippen molar-refractivity contribution in [2.45, 2.75) is 18.7 Å². The normalized spacial score (nSPS) is 10.3. The largest absolute Gasteiger partial charge is 0.463 e. The van der Waals surface area contributed by atoms with Crippen LogP contribution in [-0.4, -0.2) is 33.4 Å². The van der Waals surface area contributed by atoms with Gasteiger partial charge >= 0.3 is 6.01 Å². The van der Waals surface area contributed by atoms with Gasteiger partial charge in [0, 0.05) is 4.90 Å². The minimum Gasteiger partial charge on any atom is -0.463 e. The molecule has 1 aromatic heterocycles. The molecule has 1 heterocycles. The first-order chi connectivity index (χ1) is 9.67. The molecule has 0 unspecified atom stereocenters. The van der Waals surface area contributed by atoms with Crippen molar-refractivity contribution in [1.29, 1.82) is 0 Å². The Morgan fingerprint density at radius 1 is 1.40 bits per heavy atom. The van der Waals surface area contributed by atoms with Gasteiger partial charge in [-0.15, -0.1) is 16.9 Å². The zero-order valence-corrected chi connectivity index (χ0v) is 12.2. The molecule has 7 heteroatoms. The SMILES string of the molecule is CCOc1n[nH]c(NC(=O)CSc2ccc(C)cc2)n1. The fraction of sp³-hybridized carbons (Fsp3) is 0.308. The van der Waals surface area contributed by atoms with Crippen LogP contribution in [0.2, 0.25) is 0 Å². The van der Waals surface area contributed by atoms with Gasteiger partial charge in [0.1, 0.15) is 0 Å². The number of H-pyrrole nitrogens is 1. The maximum absolute atomic E-state index is 11.8. The summed E-state index contributed by atoms with van der Waals surface area (Å²) in [5.41, 5.74) is 1.20. The summed E-state index contributed by atoms with van der Waals surface area (Å²) in [5.74, 6) is 0.464. The molecule has 0 aliphatic heterocycles. The Morgan fingerprint density at radius 3 is 2.85 bits per heavy atom. The highest BCUT2D eigenvalue weighted by Gasteiger charge is 2.08. The van der Waals surface area contributed by atoms with Gasteiger partial charge in [0.2, 0.25) is 11.9 Å². The van der Waals surface area contributed by atoms with Gasteiger partial charge in [-0.2, -0.15) is 4.98 Å². The molecule has 0 atom stereocenters. The third-order valence-corrected chi connectivity index (χ3v) is 3.40. The molecule has 1 amide bonds. The van der Waals surface area contributed by atoms with Gasteiger partial charge in [-0.3, -0.25) is 10.1 Å². The molecule has 0 spiro atoms. The second-order valence-corrected chi connectivity index (χ2v) is 5.10. The van der Waals surface area contributed by atoms with Gasteiger partial charge in [-0.05, 0) is 26.0 Å². The molecule has 0 bridgehead atoms. The minimum absolute atomic E-state index is 0.144. The van der Waals surface area contributed by atoms with Crippen molar-refractivity contribution in [2.24, 2.45) is 0 Å². The summed E-state index contributed by atoms with van der Waals surface area (Å²) < 4.78 is 5.10. The molecule has 2 aromatic rings. The molecular formula is C13H16N4O2S. The number of aromatic amines is 1. The standard InChI is InChI=1S/C13H16N4O2S/c1-3-19-13-15-12(16-17-13)14-11(18)8-20-10-6-4-9(2)5-7-10/h4-7H,3,8H2,1-2H3,(H2,14,15,16,17,18). The molecule has 20 heavy (non-hydrogen) atoms. The predicted octanol–water partition coefficient (Wildman–Crippen LogP) is 2.24. The van der Waals surface area contributed by atoms with E-state index in [1.54, 1.807) is 0 Å². The van der Waals surface area contributed by atoms with Crippen molar-refractivity contribution < 1.29 is 9.53 Å². The van der Waals surface area contributed by atoms with E-state index in [1.165, 1.54) is 17.3 Å². The van der Waals surface area contributed by atoms with Crippen LogP contribution in [0.5, 0.6) is 6.01 Å². The lowest BCUT2D eigenvalue weighted by atomic mass is 10.2. The summed E-state index contributed by atoms with van der Waals surface area (Å²) in [7, 11) is 0. The number of carbonyl (C=O) groups excluding carboxylic acids is 1. The summed E-state index contributed by atoms with van der Waals surface area (Å²) in [4.78, 5) is 16.8.